The zero-order valence-corrected chi connectivity index (χ0v) is 24.0. The molecule has 2 aliphatic heterocycles. The lowest BCUT2D eigenvalue weighted by Crippen LogP contribution is -2.46. The van der Waals surface area contributed by atoms with Crippen LogP contribution >= 0.6 is 0 Å². The van der Waals surface area contributed by atoms with E-state index in [1.165, 1.54) is 11.3 Å². The maximum atomic E-state index is 13.2. The standard InChI is InChI=1S/C25H30N4O4.C3H8.C2H6/c1-4-32-21-8-6-17(13-18(21)14-29-23(30)12-16(3)27-25(29)26)24(31)28-20-9-10-33-22-7-5-15(2)11-19(20)22;1-3-2;1-2/h5-8,11,13,16,20H,4,9-10,12,14H2,1-3H3,(H2,26,27)(H,28,31);3H2,1-2H3;1-2H3. The Morgan fingerprint density at radius 1 is 1.18 bits per heavy atom. The van der Waals surface area contributed by atoms with Crippen molar-refractivity contribution in [2.24, 2.45) is 10.7 Å². The number of aliphatic imine (C=N–C) groups is 1. The largest absolute Gasteiger partial charge is 0.494 e. The Morgan fingerprint density at radius 2 is 1.89 bits per heavy atom. The van der Waals surface area contributed by atoms with Gasteiger partial charge >= 0.3 is 0 Å². The number of nitrogens with two attached hydrogens (primary N) is 1. The van der Waals surface area contributed by atoms with Gasteiger partial charge in [0.1, 0.15) is 11.5 Å². The van der Waals surface area contributed by atoms with E-state index >= 15 is 0 Å². The molecule has 0 bridgehead atoms. The van der Waals surface area contributed by atoms with Gasteiger partial charge in [-0.2, -0.15) is 0 Å². The summed E-state index contributed by atoms with van der Waals surface area (Å²) in [4.78, 5) is 31.5. The van der Waals surface area contributed by atoms with E-state index in [-0.39, 0.29) is 36.4 Å². The van der Waals surface area contributed by atoms with Gasteiger partial charge in [0.25, 0.3) is 5.91 Å². The van der Waals surface area contributed by atoms with Gasteiger partial charge in [-0.15, -0.1) is 0 Å². The fourth-order valence-electron chi connectivity index (χ4n) is 4.22. The normalized spacial score (nSPS) is 17.9. The lowest BCUT2D eigenvalue weighted by Gasteiger charge is -2.28. The number of hydrogen-bond donors (Lipinski definition) is 2. The second kappa shape index (κ2) is 15.0. The van der Waals surface area contributed by atoms with Gasteiger partial charge in [-0.05, 0) is 45.0 Å². The first kappa shape index (κ1) is 30.7. The van der Waals surface area contributed by atoms with Crippen molar-refractivity contribution < 1.29 is 19.1 Å². The molecule has 2 aromatic rings. The Bertz CT molecular complexity index is 1120. The van der Waals surface area contributed by atoms with E-state index in [1.54, 1.807) is 18.2 Å². The van der Waals surface area contributed by atoms with Crippen molar-refractivity contribution in [1.29, 1.82) is 0 Å². The van der Waals surface area contributed by atoms with Gasteiger partial charge in [-0.1, -0.05) is 51.8 Å². The molecule has 0 saturated heterocycles. The van der Waals surface area contributed by atoms with E-state index in [9.17, 15) is 9.59 Å². The van der Waals surface area contributed by atoms with Crippen LogP contribution in [0.4, 0.5) is 0 Å². The Kier molecular flexibility index (Phi) is 12.1. The lowest BCUT2D eigenvalue weighted by atomic mass is 9.98. The maximum Gasteiger partial charge on any atom is 0.251 e. The summed E-state index contributed by atoms with van der Waals surface area (Å²) in [7, 11) is 0. The number of rotatable bonds is 6. The van der Waals surface area contributed by atoms with Gasteiger partial charge in [0, 0.05) is 29.5 Å². The van der Waals surface area contributed by atoms with E-state index in [1.807, 2.05) is 52.8 Å². The van der Waals surface area contributed by atoms with Crippen molar-refractivity contribution in [3.8, 4) is 11.5 Å². The minimum Gasteiger partial charge on any atom is -0.494 e. The minimum absolute atomic E-state index is 0.0958. The molecule has 38 heavy (non-hydrogen) atoms. The Balaban J connectivity index is 0.000000947. The molecule has 8 heteroatoms. The highest BCUT2D eigenvalue weighted by Gasteiger charge is 2.27. The summed E-state index contributed by atoms with van der Waals surface area (Å²) >= 11 is 0. The summed E-state index contributed by atoms with van der Waals surface area (Å²) in [6.45, 7) is 15.2. The number of carbonyl (C=O) groups is 2. The number of ether oxygens (including phenoxy) is 2. The summed E-state index contributed by atoms with van der Waals surface area (Å²) in [5.74, 6) is 1.31. The fraction of sp³-hybridized carbons (Fsp3) is 0.500. The Morgan fingerprint density at radius 3 is 2.55 bits per heavy atom. The van der Waals surface area contributed by atoms with Crippen molar-refractivity contribution in [2.75, 3.05) is 13.2 Å². The van der Waals surface area contributed by atoms with Crippen LogP contribution in [-0.2, 0) is 11.3 Å². The summed E-state index contributed by atoms with van der Waals surface area (Å²) < 4.78 is 11.5. The first-order chi connectivity index (χ1) is 18.3. The van der Waals surface area contributed by atoms with Crippen LogP contribution in [0.25, 0.3) is 0 Å². The third-order valence-electron chi connectivity index (χ3n) is 5.86. The molecule has 0 fully saturated rings. The number of carbonyl (C=O) groups excluding carboxylic acids is 2. The number of hydrogen-bond acceptors (Lipinski definition) is 6. The molecule has 208 valence electrons. The summed E-state index contributed by atoms with van der Waals surface area (Å²) in [6.07, 6.45) is 2.24. The molecule has 3 N–H and O–H groups in total. The van der Waals surface area contributed by atoms with Crippen molar-refractivity contribution in [3.05, 3.63) is 58.7 Å². The third-order valence-corrected chi connectivity index (χ3v) is 5.86. The summed E-state index contributed by atoms with van der Waals surface area (Å²) in [5.41, 5.74) is 9.32. The number of aryl methyl sites for hydroxylation is 1. The number of nitrogens with one attached hydrogen (secondary N) is 1. The molecule has 0 saturated carbocycles. The molecule has 2 amide bonds. The van der Waals surface area contributed by atoms with E-state index in [4.69, 9.17) is 15.2 Å². The quantitative estimate of drug-likeness (QED) is 0.517. The highest BCUT2D eigenvalue weighted by atomic mass is 16.5. The molecule has 0 aromatic heterocycles. The van der Waals surface area contributed by atoms with Gasteiger partial charge in [0.15, 0.2) is 5.96 Å². The molecule has 2 aliphatic rings. The fourth-order valence-corrected chi connectivity index (χ4v) is 4.22. The van der Waals surface area contributed by atoms with E-state index < -0.39 is 0 Å². The zero-order chi connectivity index (χ0) is 28.2. The van der Waals surface area contributed by atoms with Crippen LogP contribution in [0.2, 0.25) is 0 Å². The topological polar surface area (TPSA) is 106 Å². The maximum absolute atomic E-state index is 13.2. The first-order valence-electron chi connectivity index (χ1n) is 13.7. The van der Waals surface area contributed by atoms with Gasteiger partial charge in [-0.25, -0.2) is 4.99 Å². The van der Waals surface area contributed by atoms with Crippen molar-refractivity contribution >= 4 is 17.8 Å². The second-order valence-corrected chi connectivity index (χ2v) is 9.19. The SMILES string of the molecule is CC.CCC.CCOc1ccc(C(=O)NC2CCOc3ccc(C)cc32)cc1CN1C(=O)CC(C)N=C1N. The van der Waals surface area contributed by atoms with Crippen LogP contribution in [0.1, 0.15) is 93.9 Å². The molecule has 2 aromatic carbocycles. The van der Waals surface area contributed by atoms with Crippen molar-refractivity contribution in [1.82, 2.24) is 10.2 Å². The van der Waals surface area contributed by atoms with E-state index in [0.29, 0.717) is 42.9 Å². The predicted octanol–water partition coefficient (Wildman–Crippen LogP) is 5.53. The molecule has 0 spiro atoms. The lowest BCUT2D eigenvalue weighted by molar-refractivity contribution is -0.128. The zero-order valence-electron chi connectivity index (χ0n) is 24.0. The molecular weight excluding hydrogens is 480 g/mol. The molecular formula is C30H44N4O4. The van der Waals surface area contributed by atoms with Crippen molar-refractivity contribution in [3.63, 3.8) is 0 Å². The monoisotopic (exact) mass is 524 g/mol. The van der Waals surface area contributed by atoms with Crippen LogP contribution < -0.4 is 20.5 Å². The van der Waals surface area contributed by atoms with Crippen LogP contribution in [0.5, 0.6) is 11.5 Å². The molecule has 8 nitrogen and oxygen atoms in total. The Labute approximate surface area is 227 Å². The van der Waals surface area contributed by atoms with Gasteiger partial charge < -0.3 is 20.5 Å². The third kappa shape index (κ3) is 7.97. The Hall–Kier alpha value is -3.55. The highest BCUT2D eigenvalue weighted by molar-refractivity contribution is 5.98. The molecule has 4 rings (SSSR count). The van der Waals surface area contributed by atoms with Gasteiger partial charge in [0.2, 0.25) is 5.91 Å². The van der Waals surface area contributed by atoms with Gasteiger partial charge in [-0.3, -0.25) is 14.5 Å². The minimum atomic E-state index is -0.195. The summed E-state index contributed by atoms with van der Waals surface area (Å²) in [5, 5.41) is 3.14. The van der Waals surface area contributed by atoms with E-state index in [2.05, 4.69) is 24.2 Å². The summed E-state index contributed by atoms with van der Waals surface area (Å²) in [6, 6.07) is 11.0. The van der Waals surface area contributed by atoms with Crippen LogP contribution in [-0.4, -0.2) is 41.9 Å². The molecule has 2 heterocycles. The number of nitrogens with zero attached hydrogens (tertiary/aromatic N) is 2. The smallest absolute Gasteiger partial charge is 0.251 e. The van der Waals surface area contributed by atoms with Crippen LogP contribution in [0, 0.1) is 6.92 Å². The molecule has 0 aliphatic carbocycles. The molecule has 0 radical (unpaired) electrons. The number of fused-ring (bicyclic) bond motifs is 1. The van der Waals surface area contributed by atoms with Crippen LogP contribution in [0.3, 0.4) is 0 Å². The molecule has 2 unspecified atom stereocenters. The van der Waals surface area contributed by atoms with Crippen molar-refractivity contribution in [2.45, 2.75) is 86.4 Å². The average molecular weight is 525 g/mol. The number of benzene rings is 2. The predicted molar refractivity (Wildman–Crippen MR) is 153 cm³/mol. The molecule has 2 atom stereocenters. The highest BCUT2D eigenvalue weighted by Crippen LogP contribution is 2.33. The second-order valence-electron chi connectivity index (χ2n) is 9.19. The number of guanidine groups is 1. The van der Waals surface area contributed by atoms with Crippen LogP contribution in [0.15, 0.2) is 41.4 Å². The van der Waals surface area contributed by atoms with E-state index in [0.717, 1.165) is 16.9 Å². The number of amides is 2. The first-order valence-corrected chi connectivity index (χ1v) is 13.7. The average Bonchev–Trinajstić information content (AvgIpc) is 2.89. The van der Waals surface area contributed by atoms with Gasteiger partial charge in [0.05, 0.1) is 31.8 Å².